The molecule has 3 aliphatic heterocycles. The molecule has 0 spiro atoms. The Hall–Kier alpha value is -4.50. The molecule has 190 valence electrons. The van der Waals surface area contributed by atoms with Gasteiger partial charge in [-0.25, -0.2) is 4.90 Å². The van der Waals surface area contributed by atoms with Crippen LogP contribution in [0.2, 0.25) is 5.02 Å². The highest BCUT2D eigenvalue weighted by Crippen LogP contribution is 2.53. The number of carbonyl (C=O) groups excluding carboxylic acids is 3. The van der Waals surface area contributed by atoms with Gasteiger partial charge in [0.1, 0.15) is 6.04 Å². The van der Waals surface area contributed by atoms with Crippen LogP contribution in [0, 0.1) is 28.9 Å². The predicted octanol–water partition coefficient (Wildman–Crippen LogP) is 4.71. The predicted molar refractivity (Wildman–Crippen MR) is 141 cm³/mol. The van der Waals surface area contributed by atoms with E-state index in [2.05, 4.69) is 5.32 Å². The molecule has 0 aromatic heterocycles. The summed E-state index contributed by atoms with van der Waals surface area (Å²) in [4.78, 5) is 55.2. The molecule has 0 bridgehead atoms. The van der Waals surface area contributed by atoms with E-state index in [1.54, 1.807) is 42.3 Å². The molecule has 10 heteroatoms. The number of amides is 3. The number of halogens is 1. The van der Waals surface area contributed by atoms with Gasteiger partial charge in [-0.2, -0.15) is 0 Å². The van der Waals surface area contributed by atoms with Crippen molar-refractivity contribution in [2.75, 3.05) is 10.2 Å². The third kappa shape index (κ3) is 3.58. The summed E-state index contributed by atoms with van der Waals surface area (Å²) in [5, 5.41) is 14.6. The number of nitro benzene ring substituents is 1. The highest BCUT2D eigenvalue weighted by Gasteiger charge is 2.64. The van der Waals surface area contributed by atoms with Crippen LogP contribution in [0.3, 0.4) is 0 Å². The second kappa shape index (κ2) is 8.81. The standard InChI is InChI=1S/C28H21ClN4O5/c1-15-14-19(33(37)38)10-11-21(15)32-27(35)22-23(28(32)36)25(26(34)30-18-8-6-17(29)7-9-18)31-13-12-16-4-2-3-5-20(16)24(22)31/h2-14,22-25H,1H3,(H,30,34)/t22-,23-,24-,25+/m1/s1. The molecule has 2 fully saturated rings. The molecule has 3 aliphatic rings. The van der Waals surface area contributed by atoms with Crippen molar-refractivity contribution < 1.29 is 19.3 Å². The molecular formula is C28H21ClN4O5. The zero-order chi connectivity index (χ0) is 26.7. The van der Waals surface area contributed by atoms with Crippen molar-refractivity contribution >= 4 is 52.5 Å². The Morgan fingerprint density at radius 1 is 1.00 bits per heavy atom. The van der Waals surface area contributed by atoms with E-state index in [0.717, 1.165) is 16.0 Å². The van der Waals surface area contributed by atoms with Crippen LogP contribution in [0.5, 0.6) is 0 Å². The summed E-state index contributed by atoms with van der Waals surface area (Å²) < 4.78 is 0. The molecule has 9 nitrogen and oxygen atoms in total. The maximum absolute atomic E-state index is 14.0. The van der Waals surface area contributed by atoms with Crippen molar-refractivity contribution in [1.29, 1.82) is 0 Å². The molecule has 0 unspecified atom stereocenters. The zero-order valence-electron chi connectivity index (χ0n) is 20.1. The fourth-order valence-electron chi connectivity index (χ4n) is 5.85. The Morgan fingerprint density at radius 2 is 1.71 bits per heavy atom. The van der Waals surface area contributed by atoms with E-state index >= 15 is 0 Å². The fraction of sp³-hybridized carbons (Fsp3) is 0.179. The first-order valence-electron chi connectivity index (χ1n) is 12.0. The number of carbonyl (C=O) groups is 3. The molecule has 3 amide bonds. The SMILES string of the molecule is Cc1cc([N+](=O)[O-])ccc1N1C(=O)[C@@H]2[C@@H](C1=O)[C@H]1c3ccccc3C=CN1[C@@H]2C(=O)Nc1ccc(Cl)cc1. The van der Waals surface area contributed by atoms with Crippen LogP contribution in [0.15, 0.2) is 72.9 Å². The highest BCUT2D eigenvalue weighted by atomic mass is 35.5. The van der Waals surface area contributed by atoms with Gasteiger partial charge in [0.15, 0.2) is 0 Å². The van der Waals surface area contributed by atoms with Gasteiger partial charge >= 0.3 is 0 Å². The van der Waals surface area contributed by atoms with Crippen LogP contribution in [0.4, 0.5) is 17.1 Å². The smallest absolute Gasteiger partial charge is 0.269 e. The van der Waals surface area contributed by atoms with E-state index in [4.69, 9.17) is 11.6 Å². The Balaban J connectivity index is 1.43. The number of non-ortho nitro benzene ring substituents is 1. The second-order valence-corrected chi connectivity index (χ2v) is 10.0. The van der Waals surface area contributed by atoms with Crippen molar-refractivity contribution in [3.63, 3.8) is 0 Å². The first-order chi connectivity index (χ1) is 18.3. The highest BCUT2D eigenvalue weighted by molar-refractivity contribution is 6.30. The lowest BCUT2D eigenvalue weighted by Crippen LogP contribution is -2.46. The number of fused-ring (bicyclic) bond motifs is 5. The Kier molecular flexibility index (Phi) is 5.53. The van der Waals surface area contributed by atoms with Crippen molar-refractivity contribution in [3.8, 4) is 0 Å². The summed E-state index contributed by atoms with van der Waals surface area (Å²) in [5.41, 5.74) is 2.85. The van der Waals surface area contributed by atoms with E-state index in [9.17, 15) is 24.5 Å². The molecular weight excluding hydrogens is 508 g/mol. The number of rotatable bonds is 4. The summed E-state index contributed by atoms with van der Waals surface area (Å²) in [6.07, 6.45) is 3.65. The summed E-state index contributed by atoms with van der Waals surface area (Å²) in [7, 11) is 0. The van der Waals surface area contributed by atoms with Crippen molar-refractivity contribution in [2.24, 2.45) is 11.8 Å². The van der Waals surface area contributed by atoms with E-state index in [1.807, 2.05) is 30.3 Å². The van der Waals surface area contributed by atoms with Gasteiger partial charge in [0.25, 0.3) is 5.69 Å². The molecule has 38 heavy (non-hydrogen) atoms. The Morgan fingerprint density at radius 3 is 2.42 bits per heavy atom. The first kappa shape index (κ1) is 23.9. The quantitative estimate of drug-likeness (QED) is 0.298. The molecule has 4 atom stereocenters. The minimum atomic E-state index is -0.954. The lowest BCUT2D eigenvalue weighted by atomic mass is 9.84. The van der Waals surface area contributed by atoms with E-state index in [0.29, 0.717) is 16.3 Å². The Bertz CT molecular complexity index is 1550. The molecule has 0 aliphatic carbocycles. The summed E-state index contributed by atoms with van der Waals surface area (Å²) in [5.74, 6) is -3.13. The lowest BCUT2D eigenvalue weighted by molar-refractivity contribution is -0.384. The van der Waals surface area contributed by atoms with Gasteiger partial charge in [0, 0.05) is 29.0 Å². The topological polar surface area (TPSA) is 113 Å². The number of nitrogens with one attached hydrogen (secondary N) is 1. The third-order valence-corrected chi connectivity index (χ3v) is 7.73. The second-order valence-electron chi connectivity index (χ2n) is 9.57. The van der Waals surface area contributed by atoms with Gasteiger partial charge in [-0.3, -0.25) is 24.5 Å². The number of imide groups is 1. The molecule has 3 aromatic carbocycles. The lowest BCUT2D eigenvalue weighted by Gasteiger charge is -2.35. The van der Waals surface area contributed by atoms with Crippen LogP contribution in [0.1, 0.15) is 22.7 Å². The van der Waals surface area contributed by atoms with Gasteiger partial charge in [0.2, 0.25) is 17.7 Å². The number of nitro groups is 1. The fourth-order valence-corrected chi connectivity index (χ4v) is 5.97. The first-order valence-corrected chi connectivity index (χ1v) is 12.4. The number of nitrogens with zero attached hydrogens (tertiary/aromatic N) is 3. The largest absolute Gasteiger partial charge is 0.357 e. The number of aryl methyl sites for hydroxylation is 1. The van der Waals surface area contributed by atoms with Gasteiger partial charge in [-0.1, -0.05) is 35.9 Å². The average molecular weight is 529 g/mol. The number of hydrogen-bond donors (Lipinski definition) is 1. The molecule has 0 saturated carbocycles. The van der Waals surface area contributed by atoms with Crippen LogP contribution < -0.4 is 10.2 Å². The van der Waals surface area contributed by atoms with Gasteiger partial charge in [-0.15, -0.1) is 0 Å². The molecule has 6 rings (SSSR count). The van der Waals surface area contributed by atoms with Crippen LogP contribution in [0.25, 0.3) is 6.08 Å². The average Bonchev–Trinajstić information content (AvgIpc) is 3.38. The molecule has 2 saturated heterocycles. The number of anilines is 2. The minimum Gasteiger partial charge on any atom is -0.357 e. The van der Waals surface area contributed by atoms with Gasteiger partial charge in [-0.05, 0) is 60.0 Å². The summed E-state index contributed by atoms with van der Waals surface area (Å²) >= 11 is 5.98. The molecule has 3 aromatic rings. The monoisotopic (exact) mass is 528 g/mol. The van der Waals surface area contributed by atoms with Gasteiger partial charge < -0.3 is 10.2 Å². The summed E-state index contributed by atoms with van der Waals surface area (Å²) in [6, 6.07) is 16.8. The summed E-state index contributed by atoms with van der Waals surface area (Å²) in [6.45, 7) is 1.62. The molecule has 0 radical (unpaired) electrons. The van der Waals surface area contributed by atoms with Crippen LogP contribution in [-0.4, -0.2) is 33.6 Å². The van der Waals surface area contributed by atoms with Crippen molar-refractivity contribution in [3.05, 3.63) is 105 Å². The van der Waals surface area contributed by atoms with Crippen molar-refractivity contribution in [2.45, 2.75) is 19.0 Å². The Labute approximate surface area is 222 Å². The normalized spacial score (nSPS) is 23.2. The van der Waals surface area contributed by atoms with Crippen LogP contribution >= 0.6 is 11.6 Å². The molecule has 3 heterocycles. The van der Waals surface area contributed by atoms with Crippen molar-refractivity contribution in [1.82, 2.24) is 4.90 Å². The number of hydrogen-bond acceptors (Lipinski definition) is 6. The third-order valence-electron chi connectivity index (χ3n) is 7.47. The minimum absolute atomic E-state index is 0.136. The van der Waals surface area contributed by atoms with E-state index < -0.39 is 46.6 Å². The maximum atomic E-state index is 14.0. The van der Waals surface area contributed by atoms with Crippen LogP contribution in [-0.2, 0) is 14.4 Å². The van der Waals surface area contributed by atoms with Gasteiger partial charge in [0.05, 0.1) is 28.5 Å². The van der Waals surface area contributed by atoms with E-state index in [-0.39, 0.29) is 11.4 Å². The number of benzene rings is 3. The maximum Gasteiger partial charge on any atom is 0.269 e. The van der Waals surface area contributed by atoms with E-state index in [1.165, 1.54) is 18.2 Å². The zero-order valence-corrected chi connectivity index (χ0v) is 20.8. The molecule has 1 N–H and O–H groups in total.